The molecule has 0 aliphatic carbocycles. The van der Waals surface area contributed by atoms with Gasteiger partial charge in [0.1, 0.15) is 6.29 Å². The fourth-order valence-electron chi connectivity index (χ4n) is 1.75. The van der Waals surface area contributed by atoms with Gasteiger partial charge in [-0.15, -0.1) is 0 Å². The van der Waals surface area contributed by atoms with Gasteiger partial charge in [-0.2, -0.15) is 0 Å². The number of benzene rings is 1. The van der Waals surface area contributed by atoms with Crippen molar-refractivity contribution in [3.63, 3.8) is 0 Å². The topological polar surface area (TPSA) is 39.2 Å². The average molecular weight is 227 g/mol. The molecule has 86 valence electrons. The zero-order chi connectivity index (χ0) is 12.3. The molecule has 2 rings (SSSR count). The maximum absolute atomic E-state index is 10.8. The van der Waals surface area contributed by atoms with E-state index in [1.807, 2.05) is 37.3 Å². The van der Waals surface area contributed by atoms with Gasteiger partial charge in [0.25, 0.3) is 0 Å². The Morgan fingerprint density at radius 3 is 2.76 bits per heavy atom. The molecule has 1 aromatic heterocycles. The number of aldehydes is 1. The molecule has 0 fully saturated rings. The summed E-state index contributed by atoms with van der Waals surface area (Å²) in [5.41, 5.74) is 3.58. The number of hydrogen-bond acceptors (Lipinski definition) is 3. The van der Waals surface area contributed by atoms with E-state index in [2.05, 4.69) is 4.98 Å². The van der Waals surface area contributed by atoms with Gasteiger partial charge in [0.05, 0.1) is 7.11 Å². The number of aromatic nitrogens is 1. The van der Waals surface area contributed by atoms with Crippen LogP contribution in [0.25, 0.3) is 11.1 Å². The number of ether oxygens (including phenoxy) is 1. The molecule has 2 aromatic rings. The van der Waals surface area contributed by atoms with Crippen molar-refractivity contribution < 1.29 is 9.53 Å². The molecule has 0 aliphatic heterocycles. The van der Waals surface area contributed by atoms with Crippen molar-refractivity contribution in [1.29, 1.82) is 0 Å². The van der Waals surface area contributed by atoms with Crippen LogP contribution in [0, 0.1) is 6.92 Å². The summed E-state index contributed by atoms with van der Waals surface area (Å²) in [5.74, 6) is 0.589. The Morgan fingerprint density at radius 2 is 2.12 bits per heavy atom. The molecule has 0 aliphatic rings. The Balaban J connectivity index is 2.53. The second-order valence-corrected chi connectivity index (χ2v) is 3.75. The largest absolute Gasteiger partial charge is 0.481 e. The highest BCUT2D eigenvalue weighted by Gasteiger charge is 2.07. The van der Waals surface area contributed by atoms with E-state index in [0.29, 0.717) is 11.4 Å². The Kier molecular flexibility index (Phi) is 3.19. The first-order chi connectivity index (χ1) is 8.26. The number of carbonyl (C=O) groups is 1. The first-order valence-corrected chi connectivity index (χ1v) is 5.31. The van der Waals surface area contributed by atoms with E-state index >= 15 is 0 Å². The minimum Gasteiger partial charge on any atom is -0.481 e. The molecular weight excluding hydrogens is 214 g/mol. The van der Waals surface area contributed by atoms with E-state index in [-0.39, 0.29) is 0 Å². The van der Waals surface area contributed by atoms with Gasteiger partial charge in [-0.1, -0.05) is 18.2 Å². The van der Waals surface area contributed by atoms with Gasteiger partial charge in [0.15, 0.2) is 0 Å². The van der Waals surface area contributed by atoms with E-state index in [0.717, 1.165) is 23.0 Å². The van der Waals surface area contributed by atoms with E-state index in [1.54, 1.807) is 13.3 Å². The van der Waals surface area contributed by atoms with Crippen molar-refractivity contribution in [3.05, 3.63) is 47.7 Å². The number of nitrogens with zero attached hydrogens (tertiary/aromatic N) is 1. The third kappa shape index (κ3) is 2.18. The van der Waals surface area contributed by atoms with Crippen molar-refractivity contribution in [3.8, 4) is 17.0 Å². The first kappa shape index (κ1) is 11.3. The molecule has 1 heterocycles. The van der Waals surface area contributed by atoms with Crippen LogP contribution in [0.2, 0.25) is 0 Å². The third-order valence-electron chi connectivity index (χ3n) is 2.67. The van der Waals surface area contributed by atoms with Crippen LogP contribution in [0.5, 0.6) is 5.88 Å². The number of rotatable bonds is 3. The van der Waals surface area contributed by atoms with Gasteiger partial charge >= 0.3 is 0 Å². The highest BCUT2D eigenvalue weighted by atomic mass is 16.5. The molecule has 17 heavy (non-hydrogen) atoms. The molecule has 0 radical (unpaired) electrons. The Hall–Kier alpha value is -2.16. The fraction of sp³-hybridized carbons (Fsp3) is 0.143. The number of carbonyl (C=O) groups excluding carboxylic acids is 1. The number of pyridine rings is 1. The lowest BCUT2D eigenvalue weighted by Gasteiger charge is -2.08. The van der Waals surface area contributed by atoms with Gasteiger partial charge in [0.2, 0.25) is 5.88 Å². The molecule has 0 saturated carbocycles. The Labute approximate surface area is 100 Å². The molecule has 0 unspecified atom stereocenters. The minimum absolute atomic E-state index is 0.589. The molecule has 0 spiro atoms. The van der Waals surface area contributed by atoms with E-state index in [1.165, 1.54) is 0 Å². The average Bonchev–Trinajstić information content (AvgIpc) is 2.38. The molecule has 1 aromatic carbocycles. The molecule has 0 N–H and O–H groups in total. The molecule has 0 saturated heterocycles. The monoisotopic (exact) mass is 227 g/mol. The highest BCUT2D eigenvalue weighted by Crippen LogP contribution is 2.28. The van der Waals surface area contributed by atoms with Crippen molar-refractivity contribution in [2.45, 2.75) is 6.92 Å². The summed E-state index contributed by atoms with van der Waals surface area (Å²) in [5, 5.41) is 0. The van der Waals surface area contributed by atoms with Crippen LogP contribution in [-0.4, -0.2) is 18.4 Å². The predicted octanol–water partition coefficient (Wildman–Crippen LogP) is 2.88. The van der Waals surface area contributed by atoms with Crippen LogP contribution < -0.4 is 4.74 Å². The van der Waals surface area contributed by atoms with Gasteiger partial charge in [-0.25, -0.2) is 4.98 Å². The van der Waals surface area contributed by atoms with Gasteiger partial charge in [-0.3, -0.25) is 4.79 Å². The van der Waals surface area contributed by atoms with Crippen LogP contribution in [-0.2, 0) is 0 Å². The lowest BCUT2D eigenvalue weighted by Crippen LogP contribution is -1.92. The number of hydrogen-bond donors (Lipinski definition) is 0. The van der Waals surface area contributed by atoms with Gasteiger partial charge < -0.3 is 4.74 Å². The second kappa shape index (κ2) is 4.78. The summed E-state index contributed by atoms with van der Waals surface area (Å²) in [6, 6.07) is 9.48. The molecule has 0 bridgehead atoms. The predicted molar refractivity (Wildman–Crippen MR) is 66.3 cm³/mol. The summed E-state index contributed by atoms with van der Waals surface area (Å²) >= 11 is 0. The maximum atomic E-state index is 10.8. The van der Waals surface area contributed by atoms with Crippen LogP contribution in [0.3, 0.4) is 0 Å². The Morgan fingerprint density at radius 1 is 1.29 bits per heavy atom. The summed E-state index contributed by atoms with van der Waals surface area (Å²) < 4.78 is 5.22. The van der Waals surface area contributed by atoms with E-state index < -0.39 is 0 Å². The summed E-state index contributed by atoms with van der Waals surface area (Å²) in [4.78, 5) is 14.9. The van der Waals surface area contributed by atoms with Crippen molar-refractivity contribution >= 4 is 6.29 Å². The van der Waals surface area contributed by atoms with Gasteiger partial charge in [0, 0.05) is 17.3 Å². The quantitative estimate of drug-likeness (QED) is 0.757. The molecule has 3 nitrogen and oxygen atoms in total. The zero-order valence-electron chi connectivity index (χ0n) is 9.81. The van der Waals surface area contributed by atoms with Crippen LogP contribution in [0.1, 0.15) is 15.9 Å². The number of aryl methyl sites for hydroxylation is 1. The van der Waals surface area contributed by atoms with Crippen molar-refractivity contribution in [2.24, 2.45) is 0 Å². The third-order valence-corrected chi connectivity index (χ3v) is 2.67. The first-order valence-electron chi connectivity index (χ1n) is 5.31. The molecule has 3 heteroatoms. The number of methoxy groups -OCH3 is 1. The SMILES string of the molecule is COc1ncccc1-c1ccc(C=O)c(C)c1. The van der Waals surface area contributed by atoms with Crippen molar-refractivity contribution in [1.82, 2.24) is 4.98 Å². The lowest BCUT2D eigenvalue weighted by molar-refractivity contribution is 0.112. The highest BCUT2D eigenvalue weighted by molar-refractivity contribution is 5.80. The van der Waals surface area contributed by atoms with Gasteiger partial charge in [-0.05, 0) is 30.2 Å². The zero-order valence-corrected chi connectivity index (χ0v) is 9.81. The standard InChI is InChI=1S/C14H13NO2/c1-10-8-11(5-6-12(10)9-16)13-4-3-7-15-14(13)17-2/h3-9H,1-2H3. The summed E-state index contributed by atoms with van der Waals surface area (Å²) in [6.45, 7) is 1.91. The summed E-state index contributed by atoms with van der Waals surface area (Å²) in [7, 11) is 1.60. The maximum Gasteiger partial charge on any atom is 0.221 e. The van der Waals surface area contributed by atoms with Crippen LogP contribution >= 0.6 is 0 Å². The van der Waals surface area contributed by atoms with E-state index in [9.17, 15) is 4.79 Å². The minimum atomic E-state index is 0.589. The Bertz CT molecular complexity index is 550. The van der Waals surface area contributed by atoms with Crippen LogP contribution in [0.4, 0.5) is 0 Å². The van der Waals surface area contributed by atoms with Crippen LogP contribution in [0.15, 0.2) is 36.5 Å². The fourth-order valence-corrected chi connectivity index (χ4v) is 1.75. The van der Waals surface area contributed by atoms with Crippen molar-refractivity contribution in [2.75, 3.05) is 7.11 Å². The normalized spacial score (nSPS) is 10.0. The van der Waals surface area contributed by atoms with E-state index in [4.69, 9.17) is 4.74 Å². The molecule has 0 amide bonds. The second-order valence-electron chi connectivity index (χ2n) is 3.75. The molecular formula is C14H13NO2. The lowest BCUT2D eigenvalue weighted by atomic mass is 10.0. The molecule has 0 atom stereocenters. The smallest absolute Gasteiger partial charge is 0.221 e. The summed E-state index contributed by atoms with van der Waals surface area (Å²) in [6.07, 6.45) is 2.55.